The fraction of sp³-hybridized carbons (Fsp3) is 0.458. The first kappa shape index (κ1) is 22.6. The topological polar surface area (TPSA) is 102 Å². The maximum Gasteiger partial charge on any atom is 0.337 e. The van der Waals surface area contributed by atoms with Crippen molar-refractivity contribution in [1.82, 2.24) is 5.32 Å². The number of carbonyl (C=O) groups is 3. The van der Waals surface area contributed by atoms with Gasteiger partial charge in [0.2, 0.25) is 0 Å². The first-order valence-corrected chi connectivity index (χ1v) is 10.5. The molecular formula is C24H29NO6. The lowest BCUT2D eigenvalue weighted by molar-refractivity contribution is -0.151. The van der Waals surface area contributed by atoms with E-state index in [1.165, 1.54) is 19.2 Å². The van der Waals surface area contributed by atoms with Gasteiger partial charge in [0, 0.05) is 22.9 Å². The minimum atomic E-state index is -0.949. The number of rotatable bonds is 5. The lowest BCUT2D eigenvalue weighted by Gasteiger charge is -2.38. The monoisotopic (exact) mass is 427 g/mol. The van der Waals surface area contributed by atoms with Gasteiger partial charge < -0.3 is 19.9 Å². The van der Waals surface area contributed by atoms with Crippen molar-refractivity contribution < 1.29 is 29.0 Å². The van der Waals surface area contributed by atoms with Crippen LogP contribution in [0.15, 0.2) is 46.8 Å². The van der Waals surface area contributed by atoms with E-state index in [-0.39, 0.29) is 23.6 Å². The number of ketones is 1. The van der Waals surface area contributed by atoms with Crippen LogP contribution in [-0.2, 0) is 23.9 Å². The number of phenolic OH excluding ortho intramolecular Hbond substituents is 1. The number of phenols is 1. The van der Waals surface area contributed by atoms with Crippen molar-refractivity contribution in [1.29, 1.82) is 0 Å². The van der Waals surface area contributed by atoms with E-state index in [0.717, 1.165) is 0 Å². The Morgan fingerprint density at radius 1 is 1.32 bits per heavy atom. The van der Waals surface area contributed by atoms with Crippen LogP contribution in [0.25, 0.3) is 0 Å². The molecule has 2 N–H and O–H groups in total. The summed E-state index contributed by atoms with van der Waals surface area (Å²) in [6, 6.07) is 6.47. The van der Waals surface area contributed by atoms with E-state index in [1.807, 2.05) is 13.8 Å². The SMILES string of the molecule is CC[C@@H](C)OC(=O)C1=C(C)NC2=C(C(=O)[C@H](C(=O)OC)[C@H](C)C2)[C@@H]1c1cccc(O)c1. The first-order chi connectivity index (χ1) is 14.7. The molecule has 0 radical (unpaired) electrons. The van der Waals surface area contributed by atoms with Crippen LogP contribution in [0.2, 0.25) is 0 Å². The third-order valence-corrected chi connectivity index (χ3v) is 6.05. The molecule has 1 aromatic carbocycles. The number of hydrogen-bond donors (Lipinski definition) is 2. The number of Topliss-reactive ketones (excluding diaryl/α,β-unsaturated/α-hetero) is 1. The Bertz CT molecular complexity index is 976. The summed E-state index contributed by atoms with van der Waals surface area (Å²) >= 11 is 0. The molecule has 31 heavy (non-hydrogen) atoms. The number of allylic oxidation sites excluding steroid dienone is 3. The second-order valence-electron chi connectivity index (χ2n) is 8.25. The van der Waals surface area contributed by atoms with Crippen LogP contribution in [0.5, 0.6) is 5.75 Å². The van der Waals surface area contributed by atoms with Gasteiger partial charge in [-0.3, -0.25) is 9.59 Å². The van der Waals surface area contributed by atoms with Crippen LogP contribution >= 0.6 is 0 Å². The molecule has 0 saturated carbocycles. The smallest absolute Gasteiger partial charge is 0.337 e. The van der Waals surface area contributed by atoms with Gasteiger partial charge in [-0.1, -0.05) is 26.0 Å². The quantitative estimate of drug-likeness (QED) is 0.549. The minimum absolute atomic E-state index is 0.0200. The Morgan fingerprint density at radius 2 is 2.03 bits per heavy atom. The highest BCUT2D eigenvalue weighted by molar-refractivity contribution is 6.12. The molecule has 1 aliphatic carbocycles. The third-order valence-electron chi connectivity index (χ3n) is 6.05. The van der Waals surface area contributed by atoms with Crippen molar-refractivity contribution in [3.05, 3.63) is 52.4 Å². The summed E-state index contributed by atoms with van der Waals surface area (Å²) in [5, 5.41) is 13.3. The number of ether oxygens (including phenoxy) is 2. The molecule has 0 spiro atoms. The van der Waals surface area contributed by atoms with E-state index >= 15 is 0 Å². The molecule has 0 saturated heterocycles. The summed E-state index contributed by atoms with van der Waals surface area (Å²) < 4.78 is 10.5. The molecule has 0 amide bonds. The zero-order valence-electron chi connectivity index (χ0n) is 18.5. The van der Waals surface area contributed by atoms with Gasteiger partial charge in [0.05, 0.1) is 18.8 Å². The van der Waals surface area contributed by atoms with Gasteiger partial charge >= 0.3 is 11.9 Å². The molecule has 2 aliphatic rings. The van der Waals surface area contributed by atoms with Crippen LogP contribution in [-0.4, -0.2) is 36.0 Å². The molecule has 1 aromatic rings. The largest absolute Gasteiger partial charge is 0.508 e. The molecule has 3 rings (SSSR count). The molecule has 0 bridgehead atoms. The molecule has 0 unspecified atom stereocenters. The highest BCUT2D eigenvalue weighted by Crippen LogP contribution is 2.46. The normalized spacial score (nSPS) is 24.3. The first-order valence-electron chi connectivity index (χ1n) is 10.5. The van der Waals surface area contributed by atoms with Crippen LogP contribution in [0, 0.1) is 11.8 Å². The van der Waals surface area contributed by atoms with E-state index in [0.29, 0.717) is 40.9 Å². The zero-order chi connectivity index (χ0) is 22.9. The molecule has 0 fully saturated rings. The van der Waals surface area contributed by atoms with Crippen molar-refractivity contribution in [3.8, 4) is 5.75 Å². The predicted octanol–water partition coefficient (Wildman–Crippen LogP) is 3.35. The van der Waals surface area contributed by atoms with Crippen molar-refractivity contribution in [2.75, 3.05) is 7.11 Å². The van der Waals surface area contributed by atoms with Gasteiger partial charge in [0.15, 0.2) is 5.78 Å². The van der Waals surface area contributed by atoms with Gasteiger partial charge in [-0.15, -0.1) is 0 Å². The van der Waals surface area contributed by atoms with Gasteiger partial charge in [-0.25, -0.2) is 4.79 Å². The molecular weight excluding hydrogens is 398 g/mol. The zero-order valence-corrected chi connectivity index (χ0v) is 18.5. The molecule has 4 atom stereocenters. The second-order valence-corrected chi connectivity index (χ2v) is 8.25. The summed E-state index contributed by atoms with van der Waals surface area (Å²) in [6.07, 6.45) is 0.816. The Morgan fingerprint density at radius 3 is 2.65 bits per heavy atom. The Balaban J connectivity index is 2.17. The van der Waals surface area contributed by atoms with Crippen molar-refractivity contribution in [3.63, 3.8) is 0 Å². The molecule has 7 nitrogen and oxygen atoms in total. The maximum atomic E-state index is 13.6. The van der Waals surface area contributed by atoms with Crippen LogP contribution in [0.1, 0.15) is 52.0 Å². The van der Waals surface area contributed by atoms with Crippen molar-refractivity contribution in [2.24, 2.45) is 11.8 Å². The number of carbonyl (C=O) groups excluding carboxylic acids is 3. The summed E-state index contributed by atoms with van der Waals surface area (Å²) in [7, 11) is 1.26. The molecule has 1 heterocycles. The number of aromatic hydroxyl groups is 1. The van der Waals surface area contributed by atoms with E-state index in [2.05, 4.69) is 5.32 Å². The average Bonchev–Trinajstić information content (AvgIpc) is 2.72. The van der Waals surface area contributed by atoms with Crippen LogP contribution in [0.3, 0.4) is 0 Å². The van der Waals surface area contributed by atoms with Gasteiger partial charge in [-0.05, 0) is 50.3 Å². The maximum absolute atomic E-state index is 13.6. The summed E-state index contributed by atoms with van der Waals surface area (Å²) in [6.45, 7) is 7.33. The van der Waals surface area contributed by atoms with E-state index in [4.69, 9.17) is 9.47 Å². The number of esters is 2. The van der Waals surface area contributed by atoms with Crippen LogP contribution in [0.4, 0.5) is 0 Å². The average molecular weight is 427 g/mol. The standard InChI is InChI=1S/C24H29NO6/c1-6-13(3)31-24(29)19-14(4)25-17-10-12(2)18(23(28)30-5)22(27)21(17)20(19)15-8-7-9-16(26)11-15/h7-9,11-13,18,20,25-26H,6,10H2,1-5H3/t12-,13-,18-,20-/m1/s1. The van der Waals surface area contributed by atoms with E-state index in [9.17, 15) is 19.5 Å². The van der Waals surface area contributed by atoms with Crippen LogP contribution < -0.4 is 5.32 Å². The number of hydrogen-bond acceptors (Lipinski definition) is 7. The fourth-order valence-corrected chi connectivity index (χ4v) is 4.32. The second kappa shape index (κ2) is 8.96. The fourth-order valence-electron chi connectivity index (χ4n) is 4.32. The van der Waals surface area contributed by atoms with Crippen molar-refractivity contribution in [2.45, 2.75) is 52.6 Å². The highest BCUT2D eigenvalue weighted by Gasteiger charge is 2.47. The number of nitrogens with one attached hydrogen (secondary N) is 1. The Kier molecular flexibility index (Phi) is 6.53. The summed E-state index contributed by atoms with van der Waals surface area (Å²) in [4.78, 5) is 39.1. The van der Waals surface area contributed by atoms with Gasteiger partial charge in [-0.2, -0.15) is 0 Å². The summed E-state index contributed by atoms with van der Waals surface area (Å²) in [5.74, 6) is -3.43. The molecule has 0 aromatic heterocycles. The molecule has 166 valence electrons. The predicted molar refractivity (Wildman–Crippen MR) is 114 cm³/mol. The summed E-state index contributed by atoms with van der Waals surface area (Å²) in [5.41, 5.74) is 2.51. The molecule has 1 aliphatic heterocycles. The van der Waals surface area contributed by atoms with Gasteiger partial charge in [0.1, 0.15) is 11.7 Å². The van der Waals surface area contributed by atoms with E-state index < -0.39 is 23.8 Å². The number of dihydropyridines is 1. The Hall–Kier alpha value is -3.09. The number of methoxy groups -OCH3 is 1. The minimum Gasteiger partial charge on any atom is -0.508 e. The molecule has 7 heteroatoms. The van der Waals surface area contributed by atoms with E-state index in [1.54, 1.807) is 26.0 Å². The number of benzene rings is 1. The third kappa shape index (κ3) is 4.22. The van der Waals surface area contributed by atoms with Crippen molar-refractivity contribution >= 4 is 17.7 Å². The lowest BCUT2D eigenvalue weighted by atomic mass is 9.69. The van der Waals surface area contributed by atoms with Gasteiger partial charge in [0.25, 0.3) is 0 Å². The highest BCUT2D eigenvalue weighted by atomic mass is 16.5. The Labute approximate surface area is 182 Å². The lowest BCUT2D eigenvalue weighted by Crippen LogP contribution is -2.43.